The number of nitriles is 1. The number of rotatable bonds is 7. The Bertz CT molecular complexity index is 636. The number of hydrogen-bond acceptors (Lipinski definition) is 6. The standard InChI is InChI=1S/C15H17FN4O2/c1-11(7-17)8-20(2)9-15-18-14(19-22-15)10-21-13-5-3-12(16)4-6-13/h3-6,11H,8-10H2,1-2H3. The van der Waals surface area contributed by atoms with E-state index in [2.05, 4.69) is 16.2 Å². The van der Waals surface area contributed by atoms with Gasteiger partial charge in [0, 0.05) is 6.54 Å². The lowest BCUT2D eigenvalue weighted by molar-refractivity contribution is 0.250. The normalized spacial score (nSPS) is 12.1. The maximum absolute atomic E-state index is 12.8. The summed E-state index contributed by atoms with van der Waals surface area (Å²) in [6.45, 7) is 3.09. The quantitative estimate of drug-likeness (QED) is 0.781. The van der Waals surface area contributed by atoms with Crippen molar-refractivity contribution >= 4 is 0 Å². The number of hydrogen-bond donors (Lipinski definition) is 0. The van der Waals surface area contributed by atoms with Crippen LogP contribution in [0.25, 0.3) is 0 Å². The largest absolute Gasteiger partial charge is 0.485 e. The van der Waals surface area contributed by atoms with Crippen LogP contribution >= 0.6 is 0 Å². The Morgan fingerprint density at radius 2 is 2.14 bits per heavy atom. The molecule has 1 aromatic carbocycles. The van der Waals surface area contributed by atoms with Gasteiger partial charge in [0.25, 0.3) is 0 Å². The second-order valence-corrected chi connectivity index (χ2v) is 5.07. The SMILES string of the molecule is CC(C#N)CN(C)Cc1nc(COc2ccc(F)cc2)no1. The number of nitrogens with zero attached hydrogens (tertiary/aromatic N) is 4. The van der Waals surface area contributed by atoms with Crippen molar-refractivity contribution in [1.82, 2.24) is 15.0 Å². The topological polar surface area (TPSA) is 75.2 Å². The molecule has 0 spiro atoms. The lowest BCUT2D eigenvalue weighted by Crippen LogP contribution is -2.23. The van der Waals surface area contributed by atoms with Crippen molar-refractivity contribution < 1.29 is 13.7 Å². The third kappa shape index (κ3) is 4.82. The molecular formula is C15H17FN4O2. The zero-order valence-corrected chi connectivity index (χ0v) is 12.5. The van der Waals surface area contributed by atoms with Crippen molar-refractivity contribution in [3.63, 3.8) is 0 Å². The van der Waals surface area contributed by atoms with E-state index in [9.17, 15) is 4.39 Å². The maximum atomic E-state index is 12.8. The lowest BCUT2D eigenvalue weighted by atomic mass is 10.2. The molecule has 0 bridgehead atoms. The molecule has 0 amide bonds. The first-order valence-corrected chi connectivity index (χ1v) is 6.85. The van der Waals surface area contributed by atoms with Crippen LogP contribution in [0.15, 0.2) is 28.8 Å². The number of ether oxygens (including phenoxy) is 1. The molecule has 6 nitrogen and oxygen atoms in total. The van der Waals surface area contributed by atoms with Crippen molar-refractivity contribution in [2.45, 2.75) is 20.1 Å². The molecule has 2 aromatic rings. The summed E-state index contributed by atoms with van der Waals surface area (Å²) in [6.07, 6.45) is 0. The van der Waals surface area contributed by atoms with Gasteiger partial charge in [-0.2, -0.15) is 10.2 Å². The summed E-state index contributed by atoms with van der Waals surface area (Å²) in [5, 5.41) is 12.6. The third-order valence-corrected chi connectivity index (χ3v) is 2.90. The van der Waals surface area contributed by atoms with Gasteiger partial charge in [-0.05, 0) is 38.2 Å². The van der Waals surface area contributed by atoms with Crippen LogP contribution in [-0.4, -0.2) is 28.6 Å². The van der Waals surface area contributed by atoms with Crippen molar-refractivity contribution in [2.75, 3.05) is 13.6 Å². The first-order valence-electron chi connectivity index (χ1n) is 6.85. The summed E-state index contributed by atoms with van der Waals surface area (Å²) in [4.78, 5) is 6.15. The van der Waals surface area contributed by atoms with Crippen molar-refractivity contribution in [2.24, 2.45) is 5.92 Å². The molecular weight excluding hydrogens is 287 g/mol. The molecule has 1 unspecified atom stereocenters. The molecule has 0 saturated heterocycles. The van der Waals surface area contributed by atoms with E-state index in [1.54, 1.807) is 0 Å². The van der Waals surface area contributed by atoms with E-state index < -0.39 is 0 Å². The Morgan fingerprint density at radius 3 is 2.82 bits per heavy atom. The summed E-state index contributed by atoms with van der Waals surface area (Å²) in [7, 11) is 1.88. The second-order valence-electron chi connectivity index (χ2n) is 5.07. The summed E-state index contributed by atoms with van der Waals surface area (Å²) in [5.74, 6) is 1.04. The van der Waals surface area contributed by atoms with E-state index in [0.717, 1.165) is 0 Å². The van der Waals surface area contributed by atoms with Crippen LogP contribution in [0.3, 0.4) is 0 Å². The molecule has 0 radical (unpaired) electrons. The minimum Gasteiger partial charge on any atom is -0.485 e. The molecule has 0 saturated carbocycles. The van der Waals surface area contributed by atoms with Gasteiger partial charge in [-0.25, -0.2) is 4.39 Å². The average Bonchev–Trinajstić information content (AvgIpc) is 2.93. The highest BCUT2D eigenvalue weighted by Gasteiger charge is 2.11. The first kappa shape index (κ1) is 15.9. The number of benzene rings is 1. The molecule has 2 rings (SSSR count). The van der Waals surface area contributed by atoms with Crippen LogP contribution < -0.4 is 4.74 Å². The first-order chi connectivity index (χ1) is 10.6. The highest BCUT2D eigenvalue weighted by molar-refractivity contribution is 5.22. The molecule has 7 heteroatoms. The van der Waals surface area contributed by atoms with Crippen LogP contribution in [-0.2, 0) is 13.2 Å². The van der Waals surface area contributed by atoms with Gasteiger partial charge in [-0.15, -0.1) is 0 Å². The molecule has 0 aliphatic rings. The lowest BCUT2D eigenvalue weighted by Gasteiger charge is -2.14. The van der Waals surface area contributed by atoms with E-state index in [0.29, 0.717) is 30.6 Å². The fourth-order valence-electron chi connectivity index (χ4n) is 1.90. The van der Waals surface area contributed by atoms with E-state index in [1.807, 2.05) is 18.9 Å². The van der Waals surface area contributed by atoms with Crippen LogP contribution in [0.5, 0.6) is 5.75 Å². The Hall–Kier alpha value is -2.46. The van der Waals surface area contributed by atoms with E-state index in [1.165, 1.54) is 24.3 Å². The van der Waals surface area contributed by atoms with E-state index >= 15 is 0 Å². The molecule has 1 aromatic heterocycles. The third-order valence-electron chi connectivity index (χ3n) is 2.90. The van der Waals surface area contributed by atoms with Gasteiger partial charge < -0.3 is 9.26 Å². The predicted octanol–water partition coefficient (Wildman–Crippen LogP) is 2.38. The summed E-state index contributed by atoms with van der Waals surface area (Å²) in [6, 6.07) is 7.89. The molecule has 1 heterocycles. The molecule has 1 atom stereocenters. The van der Waals surface area contributed by atoms with Gasteiger partial charge in [0.2, 0.25) is 11.7 Å². The Kier molecular flexibility index (Phi) is 5.44. The molecule has 116 valence electrons. The smallest absolute Gasteiger partial charge is 0.240 e. The van der Waals surface area contributed by atoms with Gasteiger partial charge in [0.05, 0.1) is 18.5 Å². The fraction of sp³-hybridized carbons (Fsp3) is 0.400. The fourth-order valence-corrected chi connectivity index (χ4v) is 1.90. The number of halogens is 1. The minimum atomic E-state index is -0.316. The average molecular weight is 304 g/mol. The van der Waals surface area contributed by atoms with Crippen LogP contribution in [0, 0.1) is 23.1 Å². The van der Waals surface area contributed by atoms with Crippen LogP contribution in [0.4, 0.5) is 4.39 Å². The van der Waals surface area contributed by atoms with Crippen molar-refractivity contribution in [1.29, 1.82) is 5.26 Å². The van der Waals surface area contributed by atoms with E-state index in [-0.39, 0.29) is 18.3 Å². The second kappa shape index (κ2) is 7.52. The highest BCUT2D eigenvalue weighted by Crippen LogP contribution is 2.13. The van der Waals surface area contributed by atoms with Gasteiger partial charge in [-0.1, -0.05) is 5.16 Å². The summed E-state index contributed by atoms with van der Waals surface area (Å²) >= 11 is 0. The zero-order chi connectivity index (χ0) is 15.9. The molecule has 0 fully saturated rings. The Morgan fingerprint density at radius 1 is 1.41 bits per heavy atom. The minimum absolute atomic E-state index is 0.0609. The predicted molar refractivity (Wildman–Crippen MR) is 76.1 cm³/mol. The van der Waals surface area contributed by atoms with Crippen LogP contribution in [0.2, 0.25) is 0 Å². The summed E-state index contributed by atoms with van der Waals surface area (Å²) in [5.41, 5.74) is 0. The maximum Gasteiger partial charge on any atom is 0.240 e. The van der Waals surface area contributed by atoms with E-state index in [4.69, 9.17) is 14.5 Å². The number of aromatic nitrogens is 2. The van der Waals surface area contributed by atoms with Gasteiger partial charge in [0.1, 0.15) is 11.6 Å². The highest BCUT2D eigenvalue weighted by atomic mass is 19.1. The Labute approximate surface area is 128 Å². The monoisotopic (exact) mass is 304 g/mol. The van der Waals surface area contributed by atoms with Crippen molar-refractivity contribution in [3.05, 3.63) is 41.8 Å². The van der Waals surface area contributed by atoms with Crippen molar-refractivity contribution in [3.8, 4) is 11.8 Å². The molecule has 0 aliphatic heterocycles. The van der Waals surface area contributed by atoms with Gasteiger partial charge in [-0.3, -0.25) is 4.90 Å². The molecule has 22 heavy (non-hydrogen) atoms. The molecule has 0 N–H and O–H groups in total. The van der Waals surface area contributed by atoms with Gasteiger partial charge >= 0.3 is 0 Å². The van der Waals surface area contributed by atoms with Crippen LogP contribution in [0.1, 0.15) is 18.6 Å². The Balaban J connectivity index is 1.83. The molecule has 0 aliphatic carbocycles. The zero-order valence-electron chi connectivity index (χ0n) is 12.5. The summed E-state index contributed by atoms with van der Waals surface area (Å²) < 4.78 is 23.3. The van der Waals surface area contributed by atoms with Gasteiger partial charge in [0.15, 0.2) is 6.61 Å².